The van der Waals surface area contributed by atoms with Crippen LogP contribution in [0.25, 0.3) is 0 Å². The van der Waals surface area contributed by atoms with E-state index in [1.54, 1.807) is 6.92 Å². The first-order chi connectivity index (χ1) is 8.40. The zero-order valence-electron chi connectivity index (χ0n) is 10.2. The molecule has 0 aliphatic carbocycles. The Hall–Kier alpha value is -1.43. The number of halogens is 3. The van der Waals surface area contributed by atoms with E-state index < -0.39 is 18.2 Å². The second kappa shape index (κ2) is 6.49. The van der Waals surface area contributed by atoms with Gasteiger partial charge in [-0.05, 0) is 19.2 Å². The summed E-state index contributed by atoms with van der Waals surface area (Å²) in [6, 6.07) is 2.44. The quantitative estimate of drug-likeness (QED) is 0.735. The molecule has 0 spiro atoms. The second-order valence-corrected chi connectivity index (χ2v) is 4.24. The van der Waals surface area contributed by atoms with Crippen LogP contribution in [0.5, 0.6) is 0 Å². The summed E-state index contributed by atoms with van der Waals surface area (Å²) in [5.41, 5.74) is 0.148. The molecule has 0 aliphatic rings. The number of rotatable bonds is 6. The predicted molar refractivity (Wildman–Crippen MR) is 61.2 cm³/mol. The molecule has 1 rings (SSSR count). The molecule has 0 radical (unpaired) electrons. The Morgan fingerprint density at radius 1 is 1.39 bits per heavy atom. The van der Waals surface area contributed by atoms with Crippen LogP contribution in [0.4, 0.5) is 13.2 Å². The first-order valence-corrected chi connectivity index (χ1v) is 5.52. The first kappa shape index (κ1) is 14.6. The topological polar surface area (TPSA) is 33.2 Å². The van der Waals surface area contributed by atoms with E-state index in [1.165, 1.54) is 18.0 Å². The Balaban J connectivity index is 2.58. The molecular formula is C12H15F3N2O. The summed E-state index contributed by atoms with van der Waals surface area (Å²) < 4.78 is 36.9. The lowest BCUT2D eigenvalue weighted by Gasteiger charge is -2.19. The molecule has 1 aromatic rings. The minimum absolute atomic E-state index is 0.148. The van der Waals surface area contributed by atoms with Crippen LogP contribution in [0.1, 0.15) is 17.4 Å². The van der Waals surface area contributed by atoms with Gasteiger partial charge in [-0.3, -0.25) is 9.78 Å². The van der Waals surface area contributed by atoms with E-state index >= 15 is 0 Å². The molecule has 0 aliphatic heterocycles. The number of pyridine rings is 1. The lowest BCUT2D eigenvalue weighted by Crippen LogP contribution is -2.32. The van der Waals surface area contributed by atoms with Crippen LogP contribution >= 0.6 is 0 Å². The highest BCUT2D eigenvalue weighted by Gasteiger charge is 2.19. The summed E-state index contributed by atoms with van der Waals surface area (Å²) in [7, 11) is 1.52. The number of carbonyl (C=O) groups excluding carboxylic acids is 1. The maximum atomic E-state index is 12.6. The van der Waals surface area contributed by atoms with Crippen molar-refractivity contribution in [2.24, 2.45) is 5.92 Å². The van der Waals surface area contributed by atoms with Crippen LogP contribution in [0.15, 0.2) is 18.3 Å². The van der Waals surface area contributed by atoms with Crippen molar-refractivity contribution < 1.29 is 18.0 Å². The van der Waals surface area contributed by atoms with Crippen molar-refractivity contribution in [3.63, 3.8) is 0 Å². The molecule has 1 aromatic heterocycles. The second-order valence-electron chi connectivity index (χ2n) is 4.24. The molecular weight excluding hydrogens is 245 g/mol. The van der Waals surface area contributed by atoms with Gasteiger partial charge in [0.25, 0.3) is 6.43 Å². The van der Waals surface area contributed by atoms with E-state index in [1.807, 2.05) is 0 Å². The zero-order chi connectivity index (χ0) is 13.7. The van der Waals surface area contributed by atoms with E-state index in [9.17, 15) is 18.0 Å². The van der Waals surface area contributed by atoms with Crippen LogP contribution < -0.4 is 0 Å². The third kappa shape index (κ3) is 4.44. The van der Waals surface area contributed by atoms with Crippen LogP contribution in [0.2, 0.25) is 0 Å². The van der Waals surface area contributed by atoms with Gasteiger partial charge in [0.05, 0.1) is 12.7 Å². The number of carbonyl (C=O) groups is 1. The van der Waals surface area contributed by atoms with Crippen LogP contribution in [-0.2, 0) is 0 Å². The molecule has 100 valence electrons. The largest absolute Gasteiger partial charge is 0.300 e. The van der Waals surface area contributed by atoms with Crippen molar-refractivity contribution in [3.05, 3.63) is 29.8 Å². The van der Waals surface area contributed by atoms with Gasteiger partial charge in [-0.2, -0.15) is 0 Å². The molecule has 0 fully saturated rings. The Morgan fingerprint density at radius 2 is 2.06 bits per heavy atom. The molecule has 0 amide bonds. The van der Waals surface area contributed by atoms with Crippen molar-refractivity contribution >= 4 is 5.78 Å². The number of hydrogen-bond donors (Lipinski definition) is 0. The molecule has 0 N–H and O–H groups in total. The molecule has 6 heteroatoms. The average molecular weight is 260 g/mol. The summed E-state index contributed by atoms with van der Waals surface area (Å²) in [6.45, 7) is 1.46. The molecule has 0 saturated carbocycles. The molecule has 1 atom stereocenters. The van der Waals surface area contributed by atoms with E-state index in [0.29, 0.717) is 0 Å². The van der Waals surface area contributed by atoms with E-state index in [2.05, 4.69) is 4.98 Å². The standard InChI is InChI=1S/C12H15F3N2O/c1-8(6-17(2)7-11(14)15)12(18)10-4-3-9(13)5-16-10/h3-5,8,11H,6-7H2,1-2H3. The number of nitrogens with zero attached hydrogens (tertiary/aromatic N) is 2. The Bertz CT molecular complexity index is 395. The van der Waals surface area contributed by atoms with Crippen LogP contribution in [0.3, 0.4) is 0 Å². The molecule has 18 heavy (non-hydrogen) atoms. The average Bonchev–Trinajstić information content (AvgIpc) is 2.27. The number of hydrogen-bond acceptors (Lipinski definition) is 3. The van der Waals surface area contributed by atoms with Crippen molar-refractivity contribution in [3.8, 4) is 0 Å². The maximum absolute atomic E-state index is 12.6. The molecule has 1 unspecified atom stereocenters. The smallest absolute Gasteiger partial charge is 0.251 e. The van der Waals surface area contributed by atoms with Gasteiger partial charge in [0.15, 0.2) is 5.78 Å². The summed E-state index contributed by atoms with van der Waals surface area (Å²) in [5.74, 6) is -1.27. The fourth-order valence-electron chi connectivity index (χ4n) is 1.63. The molecule has 3 nitrogen and oxygen atoms in total. The van der Waals surface area contributed by atoms with E-state index in [-0.39, 0.29) is 24.6 Å². The minimum atomic E-state index is -2.43. The fraction of sp³-hybridized carbons (Fsp3) is 0.500. The lowest BCUT2D eigenvalue weighted by molar-refractivity contribution is 0.0790. The highest BCUT2D eigenvalue weighted by atomic mass is 19.3. The minimum Gasteiger partial charge on any atom is -0.300 e. The third-order valence-electron chi connectivity index (χ3n) is 2.46. The summed E-state index contributed by atoms with van der Waals surface area (Å²) in [4.78, 5) is 16.9. The van der Waals surface area contributed by atoms with Crippen molar-refractivity contribution in [1.82, 2.24) is 9.88 Å². The van der Waals surface area contributed by atoms with Crippen molar-refractivity contribution in [2.45, 2.75) is 13.3 Å². The molecule has 0 saturated heterocycles. The summed E-state index contributed by atoms with van der Waals surface area (Å²) in [6.07, 6.45) is -1.47. The van der Waals surface area contributed by atoms with Gasteiger partial charge >= 0.3 is 0 Å². The zero-order valence-corrected chi connectivity index (χ0v) is 10.2. The van der Waals surface area contributed by atoms with Gasteiger partial charge in [-0.1, -0.05) is 6.92 Å². The van der Waals surface area contributed by atoms with Gasteiger partial charge in [0, 0.05) is 12.5 Å². The highest BCUT2D eigenvalue weighted by Crippen LogP contribution is 2.09. The highest BCUT2D eigenvalue weighted by molar-refractivity contribution is 5.95. The maximum Gasteiger partial charge on any atom is 0.251 e. The van der Waals surface area contributed by atoms with E-state index in [0.717, 1.165) is 12.3 Å². The monoisotopic (exact) mass is 260 g/mol. The number of aromatic nitrogens is 1. The van der Waals surface area contributed by atoms with Gasteiger partial charge in [0.2, 0.25) is 0 Å². The van der Waals surface area contributed by atoms with E-state index in [4.69, 9.17) is 0 Å². The van der Waals surface area contributed by atoms with Crippen LogP contribution in [-0.4, -0.2) is 42.2 Å². The fourth-order valence-corrected chi connectivity index (χ4v) is 1.63. The SMILES string of the molecule is CC(CN(C)CC(F)F)C(=O)c1ccc(F)cn1. The number of Topliss-reactive ketones (excluding diaryl/α,β-unsaturated/α-hetero) is 1. The third-order valence-corrected chi connectivity index (χ3v) is 2.46. The van der Waals surface area contributed by atoms with Gasteiger partial charge < -0.3 is 4.90 Å². The first-order valence-electron chi connectivity index (χ1n) is 5.52. The Kier molecular flexibility index (Phi) is 5.27. The normalized spacial score (nSPS) is 13.1. The summed E-state index contributed by atoms with van der Waals surface area (Å²) >= 11 is 0. The number of alkyl halides is 2. The molecule has 1 heterocycles. The number of ketones is 1. The molecule has 0 bridgehead atoms. The lowest BCUT2D eigenvalue weighted by atomic mass is 10.0. The van der Waals surface area contributed by atoms with Gasteiger partial charge in [-0.25, -0.2) is 13.2 Å². The van der Waals surface area contributed by atoms with Gasteiger partial charge in [0.1, 0.15) is 11.5 Å². The van der Waals surface area contributed by atoms with Crippen molar-refractivity contribution in [1.29, 1.82) is 0 Å². The molecule has 0 aromatic carbocycles. The van der Waals surface area contributed by atoms with Gasteiger partial charge in [-0.15, -0.1) is 0 Å². The van der Waals surface area contributed by atoms with Crippen molar-refractivity contribution in [2.75, 3.05) is 20.1 Å². The Morgan fingerprint density at radius 3 is 2.56 bits per heavy atom. The predicted octanol–water partition coefficient (Wildman–Crippen LogP) is 2.24. The summed E-state index contributed by atoms with van der Waals surface area (Å²) in [5, 5.41) is 0. The Labute approximate surface area is 104 Å². The van der Waals surface area contributed by atoms with Crippen LogP contribution in [0, 0.1) is 11.7 Å².